The van der Waals surface area contributed by atoms with Crippen molar-refractivity contribution in [3.05, 3.63) is 173 Å². The molecule has 0 aliphatic heterocycles. The summed E-state index contributed by atoms with van der Waals surface area (Å²) in [4.78, 5) is 26.9. The maximum absolute atomic E-state index is 13.8. The third-order valence-corrected chi connectivity index (χ3v) is 12.8. The van der Waals surface area contributed by atoms with Crippen LogP contribution in [0.1, 0.15) is 26.3 Å². The summed E-state index contributed by atoms with van der Waals surface area (Å²) in [6, 6.07) is 48.2. The summed E-state index contributed by atoms with van der Waals surface area (Å²) in [5.41, 5.74) is 3.17. The molecule has 1 N–H and O–H groups in total. The maximum atomic E-state index is 13.8. The fourth-order valence-electron chi connectivity index (χ4n) is 5.05. The van der Waals surface area contributed by atoms with Gasteiger partial charge < -0.3 is 0 Å². The number of benzene rings is 5. The number of aryl methyl sites for hydroxylation is 1. The Kier molecular flexibility index (Phi) is 9.26. The Morgan fingerprint density at radius 2 is 1.05 bits per heavy atom. The molecule has 5 heteroatoms. The van der Waals surface area contributed by atoms with E-state index in [1.807, 2.05) is 85.1 Å². The number of carbonyl (C=O) groups excluding carboxylic acids is 2. The summed E-state index contributed by atoms with van der Waals surface area (Å²) in [5.74, 6) is 0.130. The Bertz CT molecular complexity index is 1530. The van der Waals surface area contributed by atoms with Crippen LogP contribution >= 0.6 is 19.0 Å². The van der Waals surface area contributed by atoms with Crippen LogP contribution in [0.4, 0.5) is 0 Å². The molecule has 1 amide bonds. The number of nitrogens with one attached hydrogen (secondary N) is 1. The summed E-state index contributed by atoms with van der Waals surface area (Å²) < 4.78 is 0. The summed E-state index contributed by atoms with van der Waals surface area (Å²) >= 11 is 1.42. The number of hydrogen-bond donors (Lipinski definition) is 1. The standard InChI is InChI=1S/C36H32NO2PS/c1-28-22-24-30(25-23-28)36(39)37-35(27-41-26-34(38)29-14-6-2-7-15-29)40(31-16-8-3-9-17-31,32-18-10-4-11-19-32)33-20-12-5-13-21-33/h2-25,27,40H,26H2,1H3,(H,37,39)/b35-27-. The molecule has 0 fully saturated rings. The minimum absolute atomic E-state index is 0.0439. The molecule has 204 valence electrons. The van der Waals surface area contributed by atoms with Crippen molar-refractivity contribution >= 4 is 46.6 Å². The van der Waals surface area contributed by atoms with E-state index < -0.39 is 7.26 Å². The van der Waals surface area contributed by atoms with Crippen LogP contribution in [0, 0.1) is 6.92 Å². The van der Waals surface area contributed by atoms with E-state index in [9.17, 15) is 9.59 Å². The average Bonchev–Trinajstić information content (AvgIpc) is 3.03. The van der Waals surface area contributed by atoms with Crippen molar-refractivity contribution in [2.24, 2.45) is 0 Å². The van der Waals surface area contributed by atoms with Gasteiger partial charge in [-0.25, -0.2) is 0 Å². The SMILES string of the molecule is Cc1ccc(C(=O)N/C(=C/SCC(=O)c2ccccc2)[PH](c2ccccc2)(c2ccccc2)c2ccccc2)cc1. The van der Waals surface area contributed by atoms with Crippen molar-refractivity contribution in [2.75, 3.05) is 5.75 Å². The molecule has 0 spiro atoms. The molecule has 0 aliphatic rings. The second-order valence-electron chi connectivity index (χ2n) is 9.80. The summed E-state index contributed by atoms with van der Waals surface area (Å²) in [6.45, 7) is 2.01. The van der Waals surface area contributed by atoms with Crippen LogP contribution in [0.3, 0.4) is 0 Å². The molecule has 0 aromatic heterocycles. The first-order valence-electron chi connectivity index (χ1n) is 13.5. The van der Waals surface area contributed by atoms with Crippen LogP contribution in [0.2, 0.25) is 0 Å². The first-order chi connectivity index (χ1) is 20.1. The van der Waals surface area contributed by atoms with E-state index in [1.165, 1.54) is 11.8 Å². The van der Waals surface area contributed by atoms with E-state index in [0.717, 1.165) is 26.9 Å². The molecule has 0 unspecified atom stereocenters. The Balaban J connectivity index is 1.68. The number of carbonyl (C=O) groups is 2. The summed E-state index contributed by atoms with van der Waals surface area (Å²) in [7, 11) is -3.01. The van der Waals surface area contributed by atoms with Gasteiger partial charge in [0.05, 0.1) is 0 Å². The topological polar surface area (TPSA) is 46.2 Å². The van der Waals surface area contributed by atoms with Gasteiger partial charge in [0.2, 0.25) is 0 Å². The van der Waals surface area contributed by atoms with E-state index >= 15 is 0 Å². The number of thioether (sulfide) groups is 1. The van der Waals surface area contributed by atoms with E-state index in [-0.39, 0.29) is 17.4 Å². The van der Waals surface area contributed by atoms with E-state index in [4.69, 9.17) is 0 Å². The summed E-state index contributed by atoms with van der Waals surface area (Å²) in [5, 5.41) is 8.79. The predicted molar refractivity (Wildman–Crippen MR) is 177 cm³/mol. The van der Waals surface area contributed by atoms with Gasteiger partial charge in [-0.3, -0.25) is 0 Å². The van der Waals surface area contributed by atoms with Crippen molar-refractivity contribution < 1.29 is 9.59 Å². The number of Topliss-reactive ketones (excluding diaryl/α,β-unsaturated/α-hetero) is 1. The minimum atomic E-state index is -3.01. The van der Waals surface area contributed by atoms with Gasteiger partial charge in [0.15, 0.2) is 0 Å². The molecule has 3 nitrogen and oxygen atoms in total. The van der Waals surface area contributed by atoms with E-state index in [2.05, 4.69) is 78.1 Å². The first-order valence-corrected chi connectivity index (χ1v) is 16.6. The third kappa shape index (κ3) is 6.41. The molecule has 0 saturated carbocycles. The van der Waals surface area contributed by atoms with Crippen molar-refractivity contribution in [3.8, 4) is 0 Å². The van der Waals surface area contributed by atoms with Crippen LogP contribution in [0.25, 0.3) is 0 Å². The molecular weight excluding hydrogens is 541 g/mol. The Morgan fingerprint density at radius 1 is 0.610 bits per heavy atom. The van der Waals surface area contributed by atoms with Crippen molar-refractivity contribution in [3.63, 3.8) is 0 Å². The Labute approximate surface area is 246 Å². The molecule has 0 aliphatic carbocycles. The molecule has 0 atom stereocenters. The van der Waals surface area contributed by atoms with Gasteiger partial charge in [-0.05, 0) is 0 Å². The van der Waals surface area contributed by atoms with Gasteiger partial charge in [0, 0.05) is 0 Å². The fraction of sp³-hybridized carbons (Fsp3) is 0.0556. The first kappa shape index (κ1) is 28.3. The van der Waals surface area contributed by atoms with Crippen LogP contribution in [-0.4, -0.2) is 17.4 Å². The molecule has 0 bridgehead atoms. The molecule has 0 radical (unpaired) electrons. The normalized spacial score (nSPS) is 12.0. The van der Waals surface area contributed by atoms with Crippen molar-refractivity contribution in [1.82, 2.24) is 5.32 Å². The average molecular weight is 574 g/mol. The fourth-order valence-corrected chi connectivity index (χ4v) is 10.9. The molecular formula is C36H32NO2PS. The zero-order chi connectivity index (χ0) is 28.5. The number of ketones is 1. The van der Waals surface area contributed by atoms with Crippen molar-refractivity contribution in [2.45, 2.75) is 6.92 Å². The monoisotopic (exact) mass is 573 g/mol. The molecule has 0 saturated heterocycles. The second-order valence-corrected chi connectivity index (χ2v) is 14.4. The van der Waals surface area contributed by atoms with Crippen LogP contribution in [0.15, 0.2) is 156 Å². The number of amides is 1. The number of rotatable bonds is 10. The zero-order valence-corrected chi connectivity index (χ0v) is 24.7. The molecule has 5 aromatic rings. The third-order valence-electron chi connectivity index (χ3n) is 7.10. The van der Waals surface area contributed by atoms with Gasteiger partial charge in [0.1, 0.15) is 0 Å². The van der Waals surface area contributed by atoms with Crippen LogP contribution in [-0.2, 0) is 0 Å². The zero-order valence-electron chi connectivity index (χ0n) is 22.9. The van der Waals surface area contributed by atoms with Crippen LogP contribution < -0.4 is 21.2 Å². The van der Waals surface area contributed by atoms with Gasteiger partial charge in [-0.15, -0.1) is 0 Å². The molecule has 41 heavy (non-hydrogen) atoms. The molecule has 5 rings (SSSR count). The van der Waals surface area contributed by atoms with Gasteiger partial charge in [-0.2, -0.15) is 0 Å². The van der Waals surface area contributed by atoms with Gasteiger partial charge in [0.25, 0.3) is 0 Å². The van der Waals surface area contributed by atoms with Crippen molar-refractivity contribution in [1.29, 1.82) is 0 Å². The van der Waals surface area contributed by atoms with Gasteiger partial charge in [-0.1, -0.05) is 0 Å². The quantitative estimate of drug-likeness (QED) is 0.147. The predicted octanol–water partition coefficient (Wildman–Crippen LogP) is 6.87. The van der Waals surface area contributed by atoms with Crippen LogP contribution in [0.5, 0.6) is 0 Å². The Hall–Kier alpha value is -4.24. The van der Waals surface area contributed by atoms with Gasteiger partial charge >= 0.3 is 247 Å². The molecule has 0 heterocycles. The Morgan fingerprint density at radius 3 is 1.51 bits per heavy atom. The number of hydrogen-bond acceptors (Lipinski definition) is 3. The summed E-state index contributed by atoms with van der Waals surface area (Å²) in [6.07, 6.45) is 0. The van der Waals surface area contributed by atoms with E-state index in [1.54, 1.807) is 0 Å². The van der Waals surface area contributed by atoms with E-state index in [0.29, 0.717) is 11.1 Å². The molecule has 5 aromatic carbocycles. The second kappa shape index (κ2) is 13.4.